The first-order valence-corrected chi connectivity index (χ1v) is 24.0. The van der Waals surface area contributed by atoms with Gasteiger partial charge in [0.25, 0.3) is 0 Å². The van der Waals surface area contributed by atoms with Gasteiger partial charge in [-0.15, -0.1) is 0 Å². The van der Waals surface area contributed by atoms with Crippen LogP contribution in [0.3, 0.4) is 0 Å². The molecule has 0 aliphatic rings. The Balaban J connectivity index is 0.000000957. The van der Waals surface area contributed by atoms with Crippen LogP contribution in [0.15, 0.2) is 206 Å². The van der Waals surface area contributed by atoms with E-state index in [-0.39, 0.29) is 56.5 Å². The minimum absolute atomic E-state index is 0.0537. The lowest BCUT2D eigenvalue weighted by atomic mass is 9.88. The zero-order chi connectivity index (χ0) is 49.0. The van der Waals surface area contributed by atoms with Gasteiger partial charge in [-0.2, -0.15) is 12.6 Å². The fourth-order valence-electron chi connectivity index (χ4n) is 8.52. The highest BCUT2D eigenvalue weighted by atomic mass is 32.1. The molecule has 0 radical (unpaired) electrons. The zero-order valence-corrected chi connectivity index (χ0v) is 40.2. The van der Waals surface area contributed by atoms with Gasteiger partial charge in [-0.1, -0.05) is 204 Å². The average molecular weight is 921 g/mol. The molecule has 0 aliphatic carbocycles. The standard InChI is InChI=1S/C57H34O5.C3H8.C2H6.CH4S/c58-53(39-29-41(54(59)49-25-9-17-35-13-1-5-21-45(35)49)33-42(30-39)55(60)50-26-10-18-36-14-2-6-22-46(36)50)40-31-43(56(61)51-27-11-19-37-15-3-7-23-47(37)51)34-44(32-40)57(62)52-28-12-20-38-16-4-8-24-48(38)52;1-3-2;2*1-2/h1-34H;3H2,1-2H3;1-2H3;2H,1H3. The number of carbonyl (C=O) groups excluding carboxylic acids is 5. The molecule has 0 saturated carbocycles. The number of thiol groups is 1. The number of hydrogen-bond acceptors (Lipinski definition) is 6. The van der Waals surface area contributed by atoms with Crippen molar-refractivity contribution in [3.05, 3.63) is 262 Å². The quantitative estimate of drug-likeness (QED) is 0.109. The molecule has 69 heavy (non-hydrogen) atoms. The van der Waals surface area contributed by atoms with Gasteiger partial charge in [-0.3, -0.25) is 24.0 Å². The predicted octanol–water partition coefficient (Wildman–Crippen LogP) is 15.4. The Morgan fingerprint density at radius 3 is 0.681 bits per heavy atom. The highest BCUT2D eigenvalue weighted by Gasteiger charge is 2.25. The summed E-state index contributed by atoms with van der Waals surface area (Å²) in [7, 11) is 0. The molecule has 6 heteroatoms. The zero-order valence-electron chi connectivity index (χ0n) is 39.3. The third-order valence-electron chi connectivity index (χ3n) is 11.6. The lowest BCUT2D eigenvalue weighted by Crippen LogP contribution is -2.13. The Labute approximate surface area is 408 Å². The van der Waals surface area contributed by atoms with Crippen LogP contribution in [0.5, 0.6) is 0 Å². The maximum Gasteiger partial charge on any atom is 0.193 e. The molecular formula is C63H52O5S. The first-order chi connectivity index (χ1) is 33.7. The summed E-state index contributed by atoms with van der Waals surface area (Å²) in [5, 5.41) is 6.40. The minimum Gasteiger partial charge on any atom is -0.289 e. The molecular weight excluding hydrogens is 869 g/mol. The molecule has 0 aliphatic heterocycles. The van der Waals surface area contributed by atoms with Crippen LogP contribution in [-0.4, -0.2) is 35.2 Å². The SMILES string of the molecule is CC.CCC.CS.O=C(c1cc(C(=O)c2cccc3ccccc23)cc(C(=O)c2cccc3ccccc23)c1)c1cc(C(=O)c2cccc3ccccc23)cc(C(=O)c2cccc3ccccc23)c1. The van der Waals surface area contributed by atoms with E-state index in [1.807, 2.05) is 135 Å². The number of fused-ring (bicyclic) bond motifs is 4. The first-order valence-electron chi connectivity index (χ1n) is 23.1. The fraction of sp³-hybridized carbons (Fsp3) is 0.0952. The van der Waals surface area contributed by atoms with Crippen LogP contribution >= 0.6 is 12.6 Å². The largest absolute Gasteiger partial charge is 0.289 e. The maximum atomic E-state index is 15.1. The monoisotopic (exact) mass is 920 g/mol. The molecule has 0 saturated heterocycles. The van der Waals surface area contributed by atoms with Crippen molar-refractivity contribution in [3.8, 4) is 0 Å². The van der Waals surface area contributed by atoms with Gasteiger partial charge in [0, 0.05) is 55.6 Å². The molecule has 0 amide bonds. The van der Waals surface area contributed by atoms with Crippen molar-refractivity contribution in [2.45, 2.75) is 34.1 Å². The molecule has 0 spiro atoms. The predicted molar refractivity (Wildman–Crippen MR) is 288 cm³/mol. The van der Waals surface area contributed by atoms with Crippen LogP contribution in [0.25, 0.3) is 43.1 Å². The molecule has 10 aromatic carbocycles. The van der Waals surface area contributed by atoms with Gasteiger partial charge in [0.2, 0.25) is 0 Å². The Kier molecular flexibility index (Phi) is 16.0. The van der Waals surface area contributed by atoms with Gasteiger partial charge in [0.15, 0.2) is 28.9 Å². The number of benzene rings is 10. The van der Waals surface area contributed by atoms with E-state index in [2.05, 4.69) is 26.5 Å². The first kappa shape index (κ1) is 48.9. The van der Waals surface area contributed by atoms with Gasteiger partial charge in [0.05, 0.1) is 0 Å². The number of carbonyl (C=O) groups is 5. The van der Waals surface area contributed by atoms with Crippen LogP contribution in [-0.2, 0) is 0 Å². The Hall–Kier alpha value is -8.06. The third kappa shape index (κ3) is 10.3. The van der Waals surface area contributed by atoms with E-state index in [9.17, 15) is 19.2 Å². The molecule has 0 unspecified atom stereocenters. The molecule has 0 N–H and O–H groups in total. The minimum atomic E-state index is -0.566. The lowest BCUT2D eigenvalue weighted by Gasteiger charge is -2.14. The highest BCUT2D eigenvalue weighted by molar-refractivity contribution is 7.79. The fourth-order valence-corrected chi connectivity index (χ4v) is 8.52. The molecule has 10 aromatic rings. The normalized spacial score (nSPS) is 10.5. The van der Waals surface area contributed by atoms with E-state index >= 15 is 4.79 Å². The highest BCUT2D eigenvalue weighted by Crippen LogP contribution is 2.30. The number of hydrogen-bond donors (Lipinski definition) is 1. The summed E-state index contributed by atoms with van der Waals surface area (Å²) in [5.74, 6) is -2.03. The van der Waals surface area contributed by atoms with Crippen molar-refractivity contribution >= 4 is 84.6 Å². The third-order valence-corrected chi connectivity index (χ3v) is 11.6. The van der Waals surface area contributed by atoms with Crippen LogP contribution in [0, 0.1) is 0 Å². The van der Waals surface area contributed by atoms with Crippen LogP contribution in [0.1, 0.15) is 114 Å². The summed E-state index contributed by atoms with van der Waals surface area (Å²) in [6, 6.07) is 61.1. The van der Waals surface area contributed by atoms with Crippen molar-refractivity contribution in [1.82, 2.24) is 0 Å². The second-order valence-electron chi connectivity index (χ2n) is 16.1. The number of rotatable bonds is 10. The molecule has 0 heterocycles. The molecule has 5 nitrogen and oxygen atoms in total. The van der Waals surface area contributed by atoms with E-state index in [4.69, 9.17) is 0 Å². The van der Waals surface area contributed by atoms with E-state index in [1.54, 1.807) is 66.9 Å². The Morgan fingerprint density at radius 2 is 0.464 bits per heavy atom. The summed E-state index contributed by atoms with van der Waals surface area (Å²) in [4.78, 5) is 73.5. The van der Waals surface area contributed by atoms with Crippen LogP contribution in [0.4, 0.5) is 0 Å². The van der Waals surface area contributed by atoms with Gasteiger partial charge >= 0.3 is 0 Å². The molecule has 340 valence electrons. The smallest absolute Gasteiger partial charge is 0.193 e. The summed E-state index contributed by atoms with van der Waals surface area (Å²) in [6.45, 7) is 8.25. The number of ketones is 5. The molecule has 10 rings (SSSR count). The second-order valence-corrected chi connectivity index (χ2v) is 16.1. The van der Waals surface area contributed by atoms with Crippen molar-refractivity contribution < 1.29 is 24.0 Å². The molecule has 0 aromatic heterocycles. The molecule has 0 bridgehead atoms. The van der Waals surface area contributed by atoms with E-state index < -0.39 is 5.78 Å². The van der Waals surface area contributed by atoms with E-state index in [0.717, 1.165) is 43.1 Å². The van der Waals surface area contributed by atoms with Crippen molar-refractivity contribution in [2.75, 3.05) is 6.26 Å². The lowest BCUT2D eigenvalue weighted by molar-refractivity contribution is 0.102. The average Bonchev–Trinajstić information content (AvgIpc) is 3.42. The summed E-state index contributed by atoms with van der Waals surface area (Å²) in [6.07, 6.45) is 2.94. The van der Waals surface area contributed by atoms with Crippen LogP contribution in [0.2, 0.25) is 0 Å². The summed E-state index contributed by atoms with van der Waals surface area (Å²) in [5.41, 5.74) is 2.36. The molecule has 0 atom stereocenters. The Bertz CT molecular complexity index is 3080. The summed E-state index contributed by atoms with van der Waals surface area (Å²) < 4.78 is 0. The van der Waals surface area contributed by atoms with Gasteiger partial charge in [0.1, 0.15) is 0 Å². The molecule has 0 fully saturated rings. The van der Waals surface area contributed by atoms with Crippen molar-refractivity contribution in [3.63, 3.8) is 0 Å². The maximum absolute atomic E-state index is 15.1. The van der Waals surface area contributed by atoms with E-state index in [0.29, 0.717) is 22.3 Å². The Morgan fingerprint density at radius 1 is 0.290 bits per heavy atom. The topological polar surface area (TPSA) is 85.3 Å². The second kappa shape index (κ2) is 22.6. The van der Waals surface area contributed by atoms with Gasteiger partial charge in [-0.25, -0.2) is 0 Å². The van der Waals surface area contributed by atoms with Crippen molar-refractivity contribution in [1.29, 1.82) is 0 Å². The van der Waals surface area contributed by atoms with Gasteiger partial charge in [-0.05, 0) is 85.7 Å². The van der Waals surface area contributed by atoms with Crippen LogP contribution < -0.4 is 0 Å². The summed E-state index contributed by atoms with van der Waals surface area (Å²) >= 11 is 3.53. The van der Waals surface area contributed by atoms with Crippen molar-refractivity contribution in [2.24, 2.45) is 0 Å². The van der Waals surface area contributed by atoms with E-state index in [1.165, 1.54) is 30.7 Å². The van der Waals surface area contributed by atoms with Gasteiger partial charge < -0.3 is 0 Å².